The summed E-state index contributed by atoms with van der Waals surface area (Å²) >= 11 is 0. The molecule has 0 atom stereocenters. The number of aromatic carboxylic acids is 2. The quantitative estimate of drug-likeness (QED) is 0.292. The van der Waals surface area contributed by atoms with E-state index in [-0.39, 0.29) is 23.2 Å². The zero-order chi connectivity index (χ0) is 23.3. The van der Waals surface area contributed by atoms with Crippen molar-refractivity contribution in [1.29, 1.82) is 0 Å². The lowest BCUT2D eigenvalue weighted by Crippen LogP contribution is -2.30. The molecule has 2 aromatic carbocycles. The minimum Gasteiger partial charge on any atom is -0.478 e. The Balaban J connectivity index is 1.50. The van der Waals surface area contributed by atoms with Gasteiger partial charge in [-0.15, -0.1) is 0 Å². The zero-order valence-corrected chi connectivity index (χ0v) is 17.4. The van der Waals surface area contributed by atoms with Crippen molar-refractivity contribution in [3.05, 3.63) is 59.7 Å². The van der Waals surface area contributed by atoms with E-state index < -0.39 is 11.9 Å². The second kappa shape index (κ2) is 12.6. The number of carbonyl (C=O) groups is 4. The van der Waals surface area contributed by atoms with E-state index in [2.05, 4.69) is 21.3 Å². The molecule has 10 heteroatoms. The molecule has 0 aliphatic heterocycles. The molecule has 0 saturated carbocycles. The number of nitrogens with one attached hydrogen (secondary N) is 4. The molecule has 10 nitrogen and oxygen atoms in total. The van der Waals surface area contributed by atoms with E-state index in [9.17, 15) is 19.2 Å². The van der Waals surface area contributed by atoms with Gasteiger partial charge in [-0.25, -0.2) is 19.2 Å². The molecule has 0 heterocycles. The van der Waals surface area contributed by atoms with Gasteiger partial charge >= 0.3 is 24.0 Å². The maximum Gasteiger partial charge on any atom is 0.335 e. The van der Waals surface area contributed by atoms with E-state index in [1.807, 2.05) is 0 Å². The van der Waals surface area contributed by atoms with Crippen LogP contribution in [-0.4, -0.2) is 47.3 Å². The van der Waals surface area contributed by atoms with Crippen molar-refractivity contribution in [3.63, 3.8) is 0 Å². The highest BCUT2D eigenvalue weighted by Gasteiger charge is 2.05. The van der Waals surface area contributed by atoms with Gasteiger partial charge in [0.25, 0.3) is 0 Å². The first-order chi connectivity index (χ1) is 15.3. The van der Waals surface area contributed by atoms with Crippen molar-refractivity contribution in [2.24, 2.45) is 0 Å². The highest BCUT2D eigenvalue weighted by atomic mass is 16.4. The molecule has 4 amide bonds. The number of carbonyl (C=O) groups excluding carboxylic acids is 2. The Morgan fingerprint density at radius 1 is 0.562 bits per heavy atom. The first kappa shape index (κ1) is 24.2. The molecule has 6 N–H and O–H groups in total. The highest BCUT2D eigenvalue weighted by Crippen LogP contribution is 2.10. The van der Waals surface area contributed by atoms with Crippen LogP contribution in [-0.2, 0) is 0 Å². The molecule has 2 aromatic rings. The van der Waals surface area contributed by atoms with E-state index in [0.717, 1.165) is 25.7 Å². The fraction of sp³-hybridized carbons (Fsp3) is 0.273. The van der Waals surface area contributed by atoms with Crippen LogP contribution in [0.4, 0.5) is 21.0 Å². The smallest absolute Gasteiger partial charge is 0.335 e. The van der Waals surface area contributed by atoms with Crippen LogP contribution >= 0.6 is 0 Å². The lowest BCUT2D eigenvalue weighted by molar-refractivity contribution is 0.0686. The Kier molecular flexibility index (Phi) is 9.51. The van der Waals surface area contributed by atoms with Gasteiger partial charge in [-0.05, 0) is 61.4 Å². The van der Waals surface area contributed by atoms with Crippen LogP contribution in [0.1, 0.15) is 46.4 Å². The lowest BCUT2D eigenvalue weighted by Gasteiger charge is -2.09. The van der Waals surface area contributed by atoms with E-state index >= 15 is 0 Å². The molecule has 2 rings (SSSR count). The SMILES string of the molecule is O=C(NCCCCCCNC(=O)Nc1ccc(C(=O)O)cc1)Nc1ccc(C(=O)O)cc1. The van der Waals surface area contributed by atoms with Crippen molar-refractivity contribution < 1.29 is 29.4 Å². The fourth-order valence-electron chi connectivity index (χ4n) is 2.75. The molecule has 0 saturated heterocycles. The molecule has 0 fully saturated rings. The van der Waals surface area contributed by atoms with Crippen LogP contribution < -0.4 is 21.3 Å². The molecule has 0 radical (unpaired) electrons. The maximum absolute atomic E-state index is 11.8. The van der Waals surface area contributed by atoms with Crippen molar-refractivity contribution in [2.75, 3.05) is 23.7 Å². The largest absolute Gasteiger partial charge is 0.478 e. The minimum atomic E-state index is -1.02. The van der Waals surface area contributed by atoms with Crippen LogP contribution in [0.2, 0.25) is 0 Å². The Bertz CT molecular complexity index is 851. The summed E-state index contributed by atoms with van der Waals surface area (Å²) in [7, 11) is 0. The van der Waals surface area contributed by atoms with Crippen LogP contribution in [0.5, 0.6) is 0 Å². The van der Waals surface area contributed by atoms with Gasteiger partial charge in [-0.3, -0.25) is 0 Å². The van der Waals surface area contributed by atoms with Gasteiger partial charge in [0.2, 0.25) is 0 Å². The topological polar surface area (TPSA) is 157 Å². The summed E-state index contributed by atoms with van der Waals surface area (Å²) in [5.74, 6) is -2.05. The predicted molar refractivity (Wildman–Crippen MR) is 119 cm³/mol. The van der Waals surface area contributed by atoms with Crippen LogP contribution in [0.15, 0.2) is 48.5 Å². The number of unbranched alkanes of at least 4 members (excludes halogenated alkanes) is 3. The molecule has 32 heavy (non-hydrogen) atoms. The third-order valence-corrected chi connectivity index (χ3v) is 4.45. The number of amides is 4. The van der Waals surface area contributed by atoms with Crippen LogP contribution in [0, 0.1) is 0 Å². The summed E-state index contributed by atoms with van der Waals surface area (Å²) in [6.45, 7) is 0.999. The number of carboxylic acids is 2. The summed E-state index contributed by atoms with van der Waals surface area (Å²) in [5.41, 5.74) is 1.32. The number of anilines is 2. The second-order valence-corrected chi connectivity index (χ2v) is 6.94. The Hall–Kier alpha value is -4.08. The maximum atomic E-state index is 11.8. The molecule has 0 aliphatic carbocycles. The lowest BCUT2D eigenvalue weighted by atomic mass is 10.2. The highest BCUT2D eigenvalue weighted by molar-refractivity contribution is 5.92. The van der Waals surface area contributed by atoms with Gasteiger partial charge < -0.3 is 31.5 Å². The number of hydrogen-bond acceptors (Lipinski definition) is 4. The predicted octanol–water partition coefficient (Wildman–Crippen LogP) is 3.59. The monoisotopic (exact) mass is 442 g/mol. The molecule has 0 unspecified atom stereocenters. The summed E-state index contributed by atoms with van der Waals surface area (Å²) < 4.78 is 0. The average Bonchev–Trinajstić information content (AvgIpc) is 2.76. The molecule has 0 bridgehead atoms. The van der Waals surface area contributed by atoms with E-state index in [1.54, 1.807) is 0 Å². The van der Waals surface area contributed by atoms with Gasteiger partial charge in [-0.2, -0.15) is 0 Å². The van der Waals surface area contributed by atoms with E-state index in [4.69, 9.17) is 10.2 Å². The van der Waals surface area contributed by atoms with Gasteiger partial charge in [0.15, 0.2) is 0 Å². The fourth-order valence-corrected chi connectivity index (χ4v) is 2.75. The van der Waals surface area contributed by atoms with Gasteiger partial charge in [0, 0.05) is 24.5 Å². The first-order valence-corrected chi connectivity index (χ1v) is 10.1. The Labute approximate surface area is 185 Å². The van der Waals surface area contributed by atoms with Crippen molar-refractivity contribution in [3.8, 4) is 0 Å². The molecular weight excluding hydrogens is 416 g/mol. The number of urea groups is 2. The number of benzene rings is 2. The third-order valence-electron chi connectivity index (χ3n) is 4.45. The molecular formula is C22H26N4O6. The van der Waals surface area contributed by atoms with Crippen LogP contribution in [0.3, 0.4) is 0 Å². The zero-order valence-electron chi connectivity index (χ0n) is 17.4. The summed E-state index contributed by atoms with van der Waals surface area (Å²) in [5, 5.41) is 28.4. The minimum absolute atomic E-state index is 0.150. The molecule has 0 aliphatic rings. The number of carboxylic acid groups (broad SMARTS) is 2. The van der Waals surface area contributed by atoms with Crippen LogP contribution in [0.25, 0.3) is 0 Å². The summed E-state index contributed by atoms with van der Waals surface area (Å²) in [6.07, 6.45) is 3.34. The van der Waals surface area contributed by atoms with E-state index in [1.165, 1.54) is 48.5 Å². The standard InChI is InChI=1S/C22H26N4O6/c27-19(28)15-5-9-17(10-6-15)25-21(31)23-13-3-1-2-4-14-24-22(32)26-18-11-7-16(8-12-18)20(29)30/h5-12H,1-4,13-14H2,(H,27,28)(H,29,30)(H2,23,25,31)(H2,24,26,32). The van der Waals surface area contributed by atoms with Gasteiger partial charge in [0.1, 0.15) is 0 Å². The third kappa shape index (κ3) is 8.74. The second-order valence-electron chi connectivity index (χ2n) is 6.94. The number of rotatable bonds is 11. The average molecular weight is 442 g/mol. The van der Waals surface area contributed by atoms with Gasteiger partial charge in [0.05, 0.1) is 11.1 Å². The molecule has 170 valence electrons. The summed E-state index contributed by atoms with van der Waals surface area (Å²) in [4.78, 5) is 45.2. The van der Waals surface area contributed by atoms with Crippen molar-refractivity contribution in [1.82, 2.24) is 10.6 Å². The molecule has 0 aromatic heterocycles. The first-order valence-electron chi connectivity index (χ1n) is 10.1. The number of hydrogen-bond donors (Lipinski definition) is 6. The normalized spacial score (nSPS) is 10.1. The van der Waals surface area contributed by atoms with Gasteiger partial charge in [-0.1, -0.05) is 12.8 Å². The van der Waals surface area contributed by atoms with E-state index in [0.29, 0.717) is 24.5 Å². The van der Waals surface area contributed by atoms with Crippen molar-refractivity contribution in [2.45, 2.75) is 25.7 Å². The molecule has 0 spiro atoms. The summed E-state index contributed by atoms with van der Waals surface area (Å²) in [6, 6.07) is 11.1. The van der Waals surface area contributed by atoms with Crippen molar-refractivity contribution >= 4 is 35.4 Å². The Morgan fingerprint density at radius 3 is 1.22 bits per heavy atom. The Morgan fingerprint density at radius 2 is 0.906 bits per heavy atom.